The first-order valence-corrected chi connectivity index (χ1v) is 7.23. The third-order valence-electron chi connectivity index (χ3n) is 2.88. The van der Waals surface area contributed by atoms with Crippen LogP contribution in [0, 0.1) is 0 Å². The Morgan fingerprint density at radius 3 is 3.00 bits per heavy atom. The van der Waals surface area contributed by atoms with Crippen molar-refractivity contribution in [3.8, 4) is 17.2 Å². The molecular weight excluding hydrogens is 250 g/mol. The summed E-state index contributed by atoms with van der Waals surface area (Å²) in [5.41, 5.74) is 1.14. The van der Waals surface area contributed by atoms with E-state index in [4.69, 9.17) is 14.2 Å². The molecule has 0 saturated carbocycles. The molecule has 4 nitrogen and oxygen atoms in total. The lowest BCUT2D eigenvalue weighted by atomic mass is 10.2. The van der Waals surface area contributed by atoms with Gasteiger partial charge in [0, 0.05) is 18.3 Å². The molecule has 0 bridgehead atoms. The quantitative estimate of drug-likeness (QED) is 0.858. The van der Waals surface area contributed by atoms with Crippen LogP contribution >= 0.6 is 11.8 Å². The van der Waals surface area contributed by atoms with Crippen LogP contribution in [-0.2, 0) is 6.54 Å². The Balaban J connectivity index is 2.01. The zero-order chi connectivity index (χ0) is 13.0. The highest BCUT2D eigenvalue weighted by Crippen LogP contribution is 2.41. The maximum absolute atomic E-state index is 5.40. The Labute approximate surface area is 112 Å². The van der Waals surface area contributed by atoms with Gasteiger partial charge in [-0.15, -0.1) is 0 Å². The van der Waals surface area contributed by atoms with E-state index in [0.717, 1.165) is 30.2 Å². The molecule has 1 aliphatic heterocycles. The maximum atomic E-state index is 5.40. The highest BCUT2D eigenvalue weighted by Gasteiger charge is 2.19. The molecule has 18 heavy (non-hydrogen) atoms. The highest BCUT2D eigenvalue weighted by molar-refractivity contribution is 7.99. The zero-order valence-electron chi connectivity index (χ0n) is 11.0. The molecule has 1 heterocycles. The second-order valence-electron chi connectivity index (χ2n) is 4.21. The Hall–Kier alpha value is -1.07. The molecule has 1 atom stereocenters. The van der Waals surface area contributed by atoms with Crippen molar-refractivity contribution in [2.24, 2.45) is 0 Å². The lowest BCUT2D eigenvalue weighted by molar-refractivity contribution is 0.171. The van der Waals surface area contributed by atoms with Crippen LogP contribution in [0.3, 0.4) is 0 Å². The fraction of sp³-hybridized carbons (Fsp3) is 0.538. The molecule has 1 N–H and O–H groups in total. The van der Waals surface area contributed by atoms with Gasteiger partial charge in [0.15, 0.2) is 11.5 Å². The van der Waals surface area contributed by atoms with E-state index in [-0.39, 0.29) is 6.79 Å². The number of rotatable bonds is 6. The van der Waals surface area contributed by atoms with Gasteiger partial charge < -0.3 is 19.5 Å². The van der Waals surface area contributed by atoms with E-state index in [1.54, 1.807) is 7.11 Å². The van der Waals surface area contributed by atoms with Crippen LogP contribution in [0.15, 0.2) is 12.1 Å². The molecule has 0 aromatic heterocycles. The summed E-state index contributed by atoms with van der Waals surface area (Å²) >= 11 is 1.86. The summed E-state index contributed by atoms with van der Waals surface area (Å²) in [5.74, 6) is 2.21. The number of fused-ring (bicyclic) bond motifs is 1. The first-order valence-electron chi connectivity index (χ1n) is 5.94. The number of nitrogens with one attached hydrogen (secondary N) is 1. The molecule has 100 valence electrons. The van der Waals surface area contributed by atoms with Crippen LogP contribution in [0.2, 0.25) is 0 Å². The lowest BCUT2D eigenvalue weighted by Crippen LogP contribution is -2.22. The van der Waals surface area contributed by atoms with Gasteiger partial charge in [0.1, 0.15) is 0 Å². The van der Waals surface area contributed by atoms with Gasteiger partial charge in [0.25, 0.3) is 0 Å². The molecule has 0 spiro atoms. The number of ether oxygens (including phenoxy) is 3. The van der Waals surface area contributed by atoms with Crippen molar-refractivity contribution >= 4 is 11.8 Å². The average molecular weight is 269 g/mol. The molecule has 1 aliphatic rings. The van der Waals surface area contributed by atoms with Gasteiger partial charge in [-0.05, 0) is 24.0 Å². The standard InChI is InChI=1S/C13H19NO3S/c1-9(18-3)6-14-7-10-4-11(15-2)13-12(5-10)16-8-17-13/h4-5,9,14H,6-8H2,1-3H3. The van der Waals surface area contributed by atoms with Gasteiger partial charge in [0.05, 0.1) is 7.11 Å². The molecule has 1 aromatic rings. The predicted molar refractivity (Wildman–Crippen MR) is 73.8 cm³/mol. The van der Waals surface area contributed by atoms with E-state index in [9.17, 15) is 0 Å². The van der Waals surface area contributed by atoms with E-state index >= 15 is 0 Å². The van der Waals surface area contributed by atoms with Crippen LogP contribution in [0.4, 0.5) is 0 Å². The number of methoxy groups -OCH3 is 1. The van der Waals surface area contributed by atoms with Gasteiger partial charge in [-0.25, -0.2) is 0 Å². The lowest BCUT2D eigenvalue weighted by Gasteiger charge is -2.11. The number of thioether (sulfide) groups is 1. The smallest absolute Gasteiger partial charge is 0.231 e. The van der Waals surface area contributed by atoms with Crippen LogP contribution < -0.4 is 19.5 Å². The molecule has 0 aliphatic carbocycles. The van der Waals surface area contributed by atoms with Crippen molar-refractivity contribution in [1.82, 2.24) is 5.32 Å². The minimum Gasteiger partial charge on any atom is -0.493 e. The normalized spacial score (nSPS) is 14.6. The van der Waals surface area contributed by atoms with E-state index in [1.165, 1.54) is 0 Å². The minimum absolute atomic E-state index is 0.270. The highest BCUT2D eigenvalue weighted by atomic mass is 32.2. The third-order valence-corrected chi connectivity index (χ3v) is 3.85. The minimum atomic E-state index is 0.270. The van der Waals surface area contributed by atoms with E-state index in [1.807, 2.05) is 23.9 Å². The molecule has 0 fully saturated rings. The van der Waals surface area contributed by atoms with Crippen molar-refractivity contribution < 1.29 is 14.2 Å². The molecule has 2 rings (SSSR count). The zero-order valence-corrected chi connectivity index (χ0v) is 11.8. The summed E-state index contributed by atoms with van der Waals surface area (Å²) in [6, 6.07) is 3.99. The summed E-state index contributed by atoms with van der Waals surface area (Å²) < 4.78 is 16.1. The van der Waals surface area contributed by atoms with Crippen LogP contribution in [0.25, 0.3) is 0 Å². The molecule has 0 saturated heterocycles. The SMILES string of the molecule is COc1cc(CNCC(C)SC)cc2c1OCO2. The van der Waals surface area contributed by atoms with Crippen LogP contribution in [0.5, 0.6) is 17.2 Å². The van der Waals surface area contributed by atoms with Crippen molar-refractivity contribution in [3.63, 3.8) is 0 Å². The molecule has 0 radical (unpaired) electrons. The largest absolute Gasteiger partial charge is 0.493 e. The number of benzene rings is 1. The summed E-state index contributed by atoms with van der Waals surface area (Å²) in [6.45, 7) is 4.26. The van der Waals surface area contributed by atoms with Crippen LogP contribution in [0.1, 0.15) is 12.5 Å². The van der Waals surface area contributed by atoms with Gasteiger partial charge >= 0.3 is 0 Å². The third kappa shape index (κ3) is 3.03. The Kier molecular flexibility index (Phi) is 4.60. The maximum Gasteiger partial charge on any atom is 0.231 e. The van der Waals surface area contributed by atoms with Crippen molar-refractivity contribution in [2.45, 2.75) is 18.7 Å². The molecule has 1 unspecified atom stereocenters. The van der Waals surface area contributed by atoms with Gasteiger partial charge in [-0.1, -0.05) is 6.92 Å². The summed E-state index contributed by atoms with van der Waals surface area (Å²) in [7, 11) is 1.64. The van der Waals surface area contributed by atoms with Gasteiger partial charge in [0.2, 0.25) is 12.5 Å². The van der Waals surface area contributed by atoms with E-state index < -0.39 is 0 Å². The Morgan fingerprint density at radius 2 is 2.28 bits per heavy atom. The van der Waals surface area contributed by atoms with Crippen molar-refractivity contribution in [1.29, 1.82) is 0 Å². The summed E-state index contributed by atoms with van der Waals surface area (Å²) in [5, 5.41) is 4.03. The predicted octanol–water partition coefficient (Wildman–Crippen LogP) is 2.27. The fourth-order valence-corrected chi connectivity index (χ4v) is 2.07. The van der Waals surface area contributed by atoms with Gasteiger partial charge in [-0.2, -0.15) is 11.8 Å². The fourth-order valence-electron chi connectivity index (χ4n) is 1.79. The Morgan fingerprint density at radius 1 is 1.44 bits per heavy atom. The topological polar surface area (TPSA) is 39.7 Å². The second kappa shape index (κ2) is 6.20. The number of hydrogen-bond acceptors (Lipinski definition) is 5. The molecule has 5 heteroatoms. The molecular formula is C13H19NO3S. The summed E-state index contributed by atoms with van der Waals surface area (Å²) in [4.78, 5) is 0. The van der Waals surface area contributed by atoms with Crippen molar-refractivity contribution in [3.05, 3.63) is 17.7 Å². The molecule has 1 aromatic carbocycles. The van der Waals surface area contributed by atoms with Gasteiger partial charge in [-0.3, -0.25) is 0 Å². The summed E-state index contributed by atoms with van der Waals surface area (Å²) in [6.07, 6.45) is 2.12. The average Bonchev–Trinajstić information content (AvgIpc) is 2.85. The van der Waals surface area contributed by atoms with E-state index in [2.05, 4.69) is 18.5 Å². The second-order valence-corrected chi connectivity index (χ2v) is 5.49. The van der Waals surface area contributed by atoms with Crippen molar-refractivity contribution in [2.75, 3.05) is 26.7 Å². The Bertz CT molecular complexity index is 411. The molecule has 0 amide bonds. The number of hydrogen-bond donors (Lipinski definition) is 1. The van der Waals surface area contributed by atoms with Crippen LogP contribution in [-0.4, -0.2) is 32.0 Å². The first-order chi connectivity index (χ1) is 8.74. The van der Waals surface area contributed by atoms with E-state index in [0.29, 0.717) is 11.0 Å². The monoisotopic (exact) mass is 269 g/mol. The first kappa shape index (κ1) is 13.4.